The van der Waals surface area contributed by atoms with E-state index >= 15 is 0 Å². The van der Waals surface area contributed by atoms with Gasteiger partial charge in [0.25, 0.3) is 0 Å². The summed E-state index contributed by atoms with van der Waals surface area (Å²) in [4.78, 5) is 34.4. The SMILES string of the molecule is CC[C@H](C(=O)Nc1nccc2c(-c3nc(Nc4cccc(S(C)(=O)=O)c4F)ncc3C)c[nH]c12)N1CC2(CCN(C)CC2)C1. The van der Waals surface area contributed by atoms with Crippen molar-refractivity contribution in [3.05, 3.63) is 54.2 Å². The molecule has 11 nitrogen and oxygen atoms in total. The number of H-pyrrole nitrogens is 1. The molecule has 2 aliphatic heterocycles. The number of benzene rings is 1. The standard InChI is InChI=1S/C31H37FN8O3S/c1-5-23(40-17-31(18-40)10-13-39(3)14-11-31)29(41)38-28-27-20(9-12-33-28)21(16-34-27)26-19(2)15-35-30(37-26)36-22-7-6-8-24(25(22)32)44(4,42)43/h6-9,12,15-16,23,34H,5,10-11,13-14,17-18H2,1-4H3,(H,33,38,41)(H,35,36,37)/t23-/m1/s1. The van der Waals surface area contributed by atoms with Gasteiger partial charge in [-0.2, -0.15) is 0 Å². The van der Waals surface area contributed by atoms with Crippen molar-refractivity contribution in [2.75, 3.05) is 50.1 Å². The minimum Gasteiger partial charge on any atom is -0.357 e. The number of aryl methyl sites for hydroxylation is 1. The zero-order valence-electron chi connectivity index (χ0n) is 25.3. The van der Waals surface area contributed by atoms with Crippen molar-refractivity contribution in [3.63, 3.8) is 0 Å². The van der Waals surface area contributed by atoms with Crippen molar-refractivity contribution in [1.29, 1.82) is 0 Å². The van der Waals surface area contributed by atoms with E-state index in [1.807, 2.05) is 19.9 Å². The Hall–Kier alpha value is -3.94. The first kappa shape index (κ1) is 30.1. The van der Waals surface area contributed by atoms with E-state index in [1.165, 1.54) is 31.0 Å². The molecule has 3 N–H and O–H groups in total. The van der Waals surface area contributed by atoms with Crippen LogP contribution in [0, 0.1) is 18.2 Å². The van der Waals surface area contributed by atoms with Gasteiger partial charge in [0.05, 0.1) is 22.9 Å². The summed E-state index contributed by atoms with van der Waals surface area (Å²) in [5.41, 5.74) is 3.07. The lowest BCUT2D eigenvalue weighted by atomic mass is 9.71. The van der Waals surface area contributed by atoms with Gasteiger partial charge in [-0.05, 0) is 75.5 Å². The van der Waals surface area contributed by atoms with Gasteiger partial charge in [-0.3, -0.25) is 9.69 Å². The number of carbonyl (C=O) groups excluding carboxylic acids is 1. The molecule has 6 rings (SSSR count). The van der Waals surface area contributed by atoms with Gasteiger partial charge in [0.15, 0.2) is 21.5 Å². The van der Waals surface area contributed by atoms with Crippen LogP contribution >= 0.6 is 0 Å². The monoisotopic (exact) mass is 620 g/mol. The van der Waals surface area contributed by atoms with Crippen LogP contribution in [0.25, 0.3) is 22.2 Å². The predicted molar refractivity (Wildman–Crippen MR) is 168 cm³/mol. The van der Waals surface area contributed by atoms with Crippen molar-refractivity contribution in [2.24, 2.45) is 5.41 Å². The van der Waals surface area contributed by atoms with Crippen LogP contribution < -0.4 is 10.6 Å². The second-order valence-electron chi connectivity index (χ2n) is 12.1. The molecule has 1 amide bonds. The number of fused-ring (bicyclic) bond motifs is 1. The molecule has 2 aliphatic rings. The summed E-state index contributed by atoms with van der Waals surface area (Å²) in [6.45, 7) is 8.01. The summed E-state index contributed by atoms with van der Waals surface area (Å²) in [5.74, 6) is -0.426. The van der Waals surface area contributed by atoms with E-state index in [0.29, 0.717) is 28.9 Å². The summed E-state index contributed by atoms with van der Waals surface area (Å²) < 4.78 is 38.9. The van der Waals surface area contributed by atoms with Crippen LogP contribution in [0.1, 0.15) is 31.7 Å². The number of anilines is 3. The van der Waals surface area contributed by atoms with Gasteiger partial charge >= 0.3 is 0 Å². The van der Waals surface area contributed by atoms with E-state index in [0.717, 1.165) is 48.9 Å². The van der Waals surface area contributed by atoms with Gasteiger partial charge in [-0.15, -0.1) is 0 Å². The summed E-state index contributed by atoms with van der Waals surface area (Å²) in [6, 6.07) is 5.71. The fourth-order valence-corrected chi connectivity index (χ4v) is 7.15. The van der Waals surface area contributed by atoms with Crippen molar-refractivity contribution < 1.29 is 17.6 Å². The fraction of sp³-hybridized carbons (Fsp3) is 0.419. The molecule has 1 spiro atoms. The number of carbonyl (C=O) groups is 1. The van der Waals surface area contributed by atoms with Gasteiger partial charge in [-0.25, -0.2) is 27.8 Å². The Morgan fingerprint density at radius 1 is 1.18 bits per heavy atom. The number of aromatic amines is 1. The molecule has 232 valence electrons. The summed E-state index contributed by atoms with van der Waals surface area (Å²) in [6.07, 6.45) is 9.06. The normalized spacial score (nSPS) is 17.8. The Bertz CT molecular complexity index is 1830. The summed E-state index contributed by atoms with van der Waals surface area (Å²) >= 11 is 0. The third-order valence-corrected chi connectivity index (χ3v) is 10.0. The zero-order chi connectivity index (χ0) is 31.2. The summed E-state index contributed by atoms with van der Waals surface area (Å²) in [7, 11) is -1.59. The van der Waals surface area contributed by atoms with E-state index in [9.17, 15) is 17.6 Å². The number of amides is 1. The number of likely N-dealkylation sites (tertiary alicyclic amines) is 2. The lowest BCUT2D eigenvalue weighted by Gasteiger charge is -2.55. The van der Waals surface area contributed by atoms with Crippen LogP contribution in [0.5, 0.6) is 0 Å². The molecule has 0 unspecified atom stereocenters. The Morgan fingerprint density at radius 2 is 1.93 bits per heavy atom. The first-order valence-electron chi connectivity index (χ1n) is 14.8. The van der Waals surface area contributed by atoms with Crippen LogP contribution in [0.4, 0.5) is 21.8 Å². The minimum atomic E-state index is -3.75. The molecule has 0 bridgehead atoms. The highest BCUT2D eigenvalue weighted by Gasteiger charge is 2.47. The number of pyridine rings is 1. The van der Waals surface area contributed by atoms with Gasteiger partial charge in [0.2, 0.25) is 11.9 Å². The topological polar surface area (TPSA) is 136 Å². The number of nitrogens with one attached hydrogen (secondary N) is 3. The highest BCUT2D eigenvalue weighted by molar-refractivity contribution is 7.90. The molecule has 4 aromatic rings. The number of hydrogen-bond acceptors (Lipinski definition) is 9. The second kappa shape index (κ2) is 11.5. The number of rotatable bonds is 8. The maximum Gasteiger partial charge on any atom is 0.242 e. The largest absolute Gasteiger partial charge is 0.357 e. The van der Waals surface area contributed by atoms with Crippen molar-refractivity contribution in [2.45, 2.75) is 44.0 Å². The highest BCUT2D eigenvalue weighted by Crippen LogP contribution is 2.42. The fourth-order valence-electron chi connectivity index (χ4n) is 6.39. The Labute approximate surface area is 256 Å². The molecule has 0 saturated carbocycles. The van der Waals surface area contributed by atoms with Crippen LogP contribution in [0.2, 0.25) is 0 Å². The average molecular weight is 621 g/mol. The van der Waals surface area contributed by atoms with Gasteiger partial charge in [0.1, 0.15) is 4.90 Å². The molecule has 3 aromatic heterocycles. The average Bonchev–Trinajstić information content (AvgIpc) is 3.40. The number of hydrogen-bond donors (Lipinski definition) is 3. The molecule has 1 aromatic carbocycles. The molecule has 13 heteroatoms. The maximum absolute atomic E-state index is 15.0. The van der Waals surface area contributed by atoms with Crippen molar-refractivity contribution >= 4 is 44.1 Å². The molecular weight excluding hydrogens is 583 g/mol. The first-order valence-corrected chi connectivity index (χ1v) is 16.7. The number of aromatic nitrogens is 4. The first-order chi connectivity index (χ1) is 21.0. The predicted octanol–water partition coefficient (Wildman–Crippen LogP) is 4.36. The van der Waals surface area contributed by atoms with E-state index in [1.54, 1.807) is 18.6 Å². The lowest BCUT2D eigenvalue weighted by molar-refractivity contribution is -0.130. The van der Waals surface area contributed by atoms with E-state index < -0.39 is 20.5 Å². The molecule has 1 atom stereocenters. The number of halogens is 1. The van der Waals surface area contributed by atoms with Crippen LogP contribution in [-0.4, -0.2) is 89.6 Å². The smallest absolute Gasteiger partial charge is 0.242 e. The molecule has 5 heterocycles. The third-order valence-electron chi connectivity index (χ3n) is 8.93. The summed E-state index contributed by atoms with van der Waals surface area (Å²) in [5, 5.41) is 6.68. The highest BCUT2D eigenvalue weighted by atomic mass is 32.2. The molecule has 0 aliphatic carbocycles. The van der Waals surface area contributed by atoms with Crippen molar-refractivity contribution in [1.82, 2.24) is 29.7 Å². The Kier molecular flexibility index (Phi) is 7.89. The van der Waals surface area contributed by atoms with Crippen molar-refractivity contribution in [3.8, 4) is 11.3 Å². The van der Waals surface area contributed by atoms with Crippen LogP contribution in [0.3, 0.4) is 0 Å². The zero-order valence-corrected chi connectivity index (χ0v) is 26.1. The van der Waals surface area contributed by atoms with E-state index in [-0.39, 0.29) is 23.6 Å². The number of piperidine rings is 1. The second-order valence-corrected chi connectivity index (χ2v) is 14.1. The molecule has 0 radical (unpaired) electrons. The van der Waals surface area contributed by atoms with Gasteiger partial charge < -0.3 is 20.5 Å². The van der Waals surface area contributed by atoms with Crippen LogP contribution in [0.15, 0.2) is 47.8 Å². The number of nitrogens with zero attached hydrogens (tertiary/aromatic N) is 5. The molecular formula is C31H37FN8O3S. The lowest BCUT2D eigenvalue weighted by Crippen LogP contribution is -2.64. The Balaban J connectivity index is 1.22. The third kappa shape index (κ3) is 5.66. The van der Waals surface area contributed by atoms with Crippen LogP contribution in [-0.2, 0) is 14.6 Å². The number of sulfone groups is 1. The Morgan fingerprint density at radius 3 is 2.64 bits per heavy atom. The maximum atomic E-state index is 15.0. The molecule has 44 heavy (non-hydrogen) atoms. The molecule has 2 saturated heterocycles. The van der Waals surface area contributed by atoms with E-state index in [4.69, 9.17) is 0 Å². The quantitative estimate of drug-likeness (QED) is 0.263. The van der Waals surface area contributed by atoms with E-state index in [2.05, 4.69) is 47.4 Å². The van der Waals surface area contributed by atoms with Gasteiger partial charge in [-0.1, -0.05) is 13.0 Å². The molecule has 2 fully saturated rings. The minimum absolute atomic E-state index is 0.0507. The van der Waals surface area contributed by atoms with Gasteiger partial charge in [0, 0.05) is 48.9 Å².